The van der Waals surface area contributed by atoms with E-state index in [4.69, 9.17) is 16.0 Å². The second kappa shape index (κ2) is 7.61. The lowest BCUT2D eigenvalue weighted by Crippen LogP contribution is -2.37. The molecule has 3 aromatic rings. The molecule has 1 aliphatic rings. The molecule has 0 spiro atoms. The molecule has 0 saturated carbocycles. The van der Waals surface area contributed by atoms with E-state index in [9.17, 15) is 9.59 Å². The topological polar surface area (TPSA) is 55.5 Å². The average Bonchev–Trinajstić information content (AvgIpc) is 2.85. The molecular weight excluding hydrogens is 364 g/mol. The van der Waals surface area contributed by atoms with Crippen molar-refractivity contribution in [2.24, 2.45) is 0 Å². The molecule has 1 atom stereocenters. The zero-order valence-electron chi connectivity index (χ0n) is 14.9. The molecular formula is C21H21ClN2O3. The molecule has 27 heavy (non-hydrogen) atoms. The molecule has 1 aliphatic heterocycles. The number of likely N-dealkylation sites (tertiary alicyclic amines) is 1. The number of rotatable bonds is 3. The summed E-state index contributed by atoms with van der Waals surface area (Å²) in [5, 5.41) is 0.714. The van der Waals surface area contributed by atoms with Gasteiger partial charge >= 0.3 is 5.76 Å². The lowest BCUT2D eigenvalue weighted by molar-refractivity contribution is -0.132. The number of fused-ring (bicyclic) bond motifs is 1. The van der Waals surface area contributed by atoms with Gasteiger partial charge in [0, 0.05) is 24.0 Å². The number of amides is 1. The van der Waals surface area contributed by atoms with Gasteiger partial charge in [0.05, 0.1) is 5.52 Å². The number of nitrogens with zero attached hydrogens (tertiary/aromatic N) is 2. The van der Waals surface area contributed by atoms with Crippen LogP contribution in [0, 0.1) is 0 Å². The Kier molecular flexibility index (Phi) is 5.03. The maximum atomic E-state index is 12.9. The van der Waals surface area contributed by atoms with Gasteiger partial charge in [0.15, 0.2) is 5.58 Å². The van der Waals surface area contributed by atoms with Crippen molar-refractivity contribution in [3.63, 3.8) is 0 Å². The monoisotopic (exact) mass is 384 g/mol. The van der Waals surface area contributed by atoms with Crippen LogP contribution in [0.5, 0.6) is 0 Å². The van der Waals surface area contributed by atoms with E-state index in [1.54, 1.807) is 12.1 Å². The van der Waals surface area contributed by atoms with Crippen molar-refractivity contribution in [3.8, 4) is 0 Å². The summed E-state index contributed by atoms with van der Waals surface area (Å²) in [4.78, 5) is 27.0. The minimum absolute atomic E-state index is 0.00316. The van der Waals surface area contributed by atoms with Gasteiger partial charge in [-0.15, -0.1) is 0 Å². The van der Waals surface area contributed by atoms with Gasteiger partial charge in [0.25, 0.3) is 0 Å². The highest BCUT2D eigenvalue weighted by Crippen LogP contribution is 2.27. The molecule has 1 amide bonds. The van der Waals surface area contributed by atoms with Crippen LogP contribution in [0.15, 0.2) is 57.7 Å². The van der Waals surface area contributed by atoms with Crippen molar-refractivity contribution in [2.75, 3.05) is 13.1 Å². The van der Waals surface area contributed by atoms with Crippen molar-refractivity contribution in [1.82, 2.24) is 9.47 Å². The van der Waals surface area contributed by atoms with E-state index in [0.29, 0.717) is 29.2 Å². The second-order valence-corrected chi connectivity index (χ2v) is 7.44. The Hall–Kier alpha value is -2.53. The molecule has 140 valence electrons. The summed E-state index contributed by atoms with van der Waals surface area (Å²) >= 11 is 6.00. The average molecular weight is 385 g/mol. The van der Waals surface area contributed by atoms with E-state index in [2.05, 4.69) is 0 Å². The van der Waals surface area contributed by atoms with Crippen LogP contribution in [0.3, 0.4) is 0 Å². The summed E-state index contributed by atoms with van der Waals surface area (Å²) in [6.07, 6.45) is 3.09. The maximum Gasteiger partial charge on any atom is 0.420 e. The quantitative estimate of drug-likeness (QED) is 0.684. The zero-order chi connectivity index (χ0) is 18.8. The molecule has 1 unspecified atom stereocenters. The Morgan fingerprint density at radius 2 is 1.89 bits per heavy atom. The minimum atomic E-state index is -0.492. The van der Waals surface area contributed by atoms with E-state index in [1.807, 2.05) is 41.3 Å². The van der Waals surface area contributed by atoms with Gasteiger partial charge in [0.2, 0.25) is 5.91 Å². The van der Waals surface area contributed by atoms with Crippen LogP contribution in [0.2, 0.25) is 5.02 Å². The maximum absolute atomic E-state index is 12.9. The number of carbonyl (C=O) groups is 1. The molecule has 0 radical (unpaired) electrons. The first-order valence-corrected chi connectivity index (χ1v) is 9.61. The third-order valence-corrected chi connectivity index (χ3v) is 5.48. The van der Waals surface area contributed by atoms with Crippen molar-refractivity contribution in [1.29, 1.82) is 0 Å². The lowest BCUT2D eigenvalue weighted by Gasteiger charge is -2.25. The minimum Gasteiger partial charge on any atom is -0.408 e. The molecule has 2 aromatic carbocycles. The first-order valence-electron chi connectivity index (χ1n) is 9.23. The van der Waals surface area contributed by atoms with Gasteiger partial charge in [-0.25, -0.2) is 4.79 Å². The summed E-state index contributed by atoms with van der Waals surface area (Å²) < 4.78 is 6.65. The number of para-hydroxylation sites is 2. The van der Waals surface area contributed by atoms with Crippen LogP contribution in [0.4, 0.5) is 0 Å². The van der Waals surface area contributed by atoms with Crippen LogP contribution in [0.25, 0.3) is 11.1 Å². The Morgan fingerprint density at radius 3 is 2.70 bits per heavy atom. The summed E-state index contributed by atoms with van der Waals surface area (Å²) in [5.74, 6) is -0.260. The fraction of sp³-hybridized carbons (Fsp3) is 0.333. The van der Waals surface area contributed by atoms with Crippen molar-refractivity contribution >= 4 is 28.6 Å². The predicted octanol–water partition coefficient (Wildman–Crippen LogP) is 4.04. The highest BCUT2D eigenvalue weighted by molar-refractivity contribution is 6.30. The summed E-state index contributed by atoms with van der Waals surface area (Å²) in [7, 11) is 0. The number of benzene rings is 2. The molecule has 4 rings (SSSR count). The number of carbonyl (C=O) groups excluding carboxylic acids is 1. The van der Waals surface area contributed by atoms with Crippen molar-refractivity contribution < 1.29 is 9.21 Å². The fourth-order valence-corrected chi connectivity index (χ4v) is 3.90. The van der Waals surface area contributed by atoms with E-state index in [1.165, 1.54) is 10.1 Å². The molecule has 2 heterocycles. The smallest absolute Gasteiger partial charge is 0.408 e. The van der Waals surface area contributed by atoms with E-state index in [0.717, 1.165) is 19.3 Å². The predicted molar refractivity (Wildman–Crippen MR) is 105 cm³/mol. The molecule has 0 aliphatic carbocycles. The van der Waals surface area contributed by atoms with Gasteiger partial charge in [-0.1, -0.05) is 42.3 Å². The number of aromatic nitrogens is 1. The van der Waals surface area contributed by atoms with Crippen LogP contribution in [0.1, 0.15) is 30.7 Å². The van der Waals surface area contributed by atoms with Gasteiger partial charge in [0.1, 0.15) is 6.54 Å². The van der Waals surface area contributed by atoms with Crippen LogP contribution in [-0.2, 0) is 11.3 Å². The zero-order valence-corrected chi connectivity index (χ0v) is 15.7. The Morgan fingerprint density at radius 1 is 1.11 bits per heavy atom. The summed E-state index contributed by atoms with van der Waals surface area (Å²) in [6.45, 7) is 1.38. The molecule has 0 bridgehead atoms. The third kappa shape index (κ3) is 3.78. The summed E-state index contributed by atoms with van der Waals surface area (Å²) in [5.41, 5.74) is 2.36. The first kappa shape index (κ1) is 17.9. The van der Waals surface area contributed by atoms with Gasteiger partial charge in [-0.3, -0.25) is 9.36 Å². The van der Waals surface area contributed by atoms with Gasteiger partial charge in [-0.2, -0.15) is 0 Å². The van der Waals surface area contributed by atoms with Gasteiger partial charge < -0.3 is 9.32 Å². The molecule has 1 aromatic heterocycles. The molecule has 5 nitrogen and oxygen atoms in total. The molecule has 6 heteroatoms. The van der Waals surface area contributed by atoms with Crippen LogP contribution in [-0.4, -0.2) is 28.5 Å². The van der Waals surface area contributed by atoms with Crippen LogP contribution >= 0.6 is 11.6 Å². The normalized spacial score (nSPS) is 17.8. The highest BCUT2D eigenvalue weighted by atomic mass is 35.5. The highest BCUT2D eigenvalue weighted by Gasteiger charge is 2.24. The lowest BCUT2D eigenvalue weighted by atomic mass is 9.94. The van der Waals surface area contributed by atoms with Crippen molar-refractivity contribution in [3.05, 3.63) is 69.7 Å². The van der Waals surface area contributed by atoms with Crippen LogP contribution < -0.4 is 5.76 Å². The van der Waals surface area contributed by atoms with Gasteiger partial charge in [-0.05, 0) is 42.7 Å². The number of hydrogen-bond donors (Lipinski definition) is 0. The number of oxazole rings is 1. The Bertz CT molecular complexity index is 1010. The second-order valence-electron chi connectivity index (χ2n) is 7.01. The van der Waals surface area contributed by atoms with E-state index < -0.39 is 5.76 Å². The van der Waals surface area contributed by atoms with E-state index in [-0.39, 0.29) is 18.4 Å². The molecule has 1 saturated heterocycles. The van der Waals surface area contributed by atoms with E-state index >= 15 is 0 Å². The molecule has 0 N–H and O–H groups in total. The summed E-state index contributed by atoms with van der Waals surface area (Å²) in [6, 6.07) is 15.0. The largest absolute Gasteiger partial charge is 0.420 e. The molecule has 1 fully saturated rings. The SMILES string of the molecule is O=C(Cn1c(=O)oc2ccccc21)N1CCCCC(c2ccc(Cl)cc2)C1. The number of hydrogen-bond acceptors (Lipinski definition) is 3. The Labute approximate surface area is 162 Å². The standard InChI is InChI=1S/C21H21ClN2O3/c22-17-10-8-15(9-11-17)16-5-3-4-12-23(13-16)20(25)14-24-18-6-1-2-7-19(18)27-21(24)26/h1-2,6-11,16H,3-5,12-14H2. The number of halogens is 1. The fourth-order valence-electron chi connectivity index (χ4n) is 3.77. The Balaban J connectivity index is 1.54. The van der Waals surface area contributed by atoms with Crippen molar-refractivity contribution in [2.45, 2.75) is 31.7 Å². The first-order chi connectivity index (χ1) is 13.1. The third-order valence-electron chi connectivity index (χ3n) is 5.23.